The summed E-state index contributed by atoms with van der Waals surface area (Å²) >= 11 is 5.99. The number of hydrogen-bond acceptors (Lipinski definition) is 2. The fourth-order valence-corrected chi connectivity index (χ4v) is 3.28. The maximum absolute atomic E-state index is 12.8. The average molecular weight is 378 g/mol. The Bertz CT molecular complexity index is 1080. The Balaban J connectivity index is 1.71. The first-order valence-corrected chi connectivity index (χ1v) is 8.78. The van der Waals surface area contributed by atoms with Crippen molar-refractivity contribution in [1.29, 1.82) is 0 Å². The van der Waals surface area contributed by atoms with Crippen LogP contribution in [0.4, 0.5) is 10.5 Å². The van der Waals surface area contributed by atoms with Gasteiger partial charge in [-0.2, -0.15) is 0 Å². The van der Waals surface area contributed by atoms with Gasteiger partial charge >= 0.3 is 6.03 Å². The molecule has 2 heterocycles. The van der Waals surface area contributed by atoms with Crippen molar-refractivity contribution >= 4 is 35.3 Å². The number of halogens is 1. The van der Waals surface area contributed by atoms with Gasteiger partial charge in [0, 0.05) is 22.6 Å². The number of rotatable bonds is 3. The van der Waals surface area contributed by atoms with E-state index in [0.29, 0.717) is 10.7 Å². The first-order chi connectivity index (χ1) is 13.0. The standard InChI is InChI=1S/C21H16ClN3O2/c1-14-6-2-3-10-19(14)24-11-5-9-16(24)13-18-20(26)25(21(27)23-18)17-8-4-7-15(22)12-17/h2-13H,1H3,(H,23,27)/b18-13+. The second-order valence-electron chi connectivity index (χ2n) is 6.20. The third-order valence-corrected chi connectivity index (χ3v) is 4.63. The minimum Gasteiger partial charge on any atom is -0.317 e. The van der Waals surface area contributed by atoms with Crippen molar-refractivity contribution in [2.45, 2.75) is 6.92 Å². The van der Waals surface area contributed by atoms with Crippen molar-refractivity contribution < 1.29 is 9.59 Å². The third-order valence-electron chi connectivity index (χ3n) is 4.39. The van der Waals surface area contributed by atoms with Crippen LogP contribution in [0.5, 0.6) is 0 Å². The van der Waals surface area contributed by atoms with Crippen molar-refractivity contribution in [2.24, 2.45) is 0 Å². The number of nitrogens with one attached hydrogen (secondary N) is 1. The van der Waals surface area contributed by atoms with E-state index in [2.05, 4.69) is 5.32 Å². The van der Waals surface area contributed by atoms with Gasteiger partial charge in [0.1, 0.15) is 5.70 Å². The predicted octanol–water partition coefficient (Wildman–Crippen LogP) is 4.54. The second kappa shape index (κ2) is 6.78. The molecule has 134 valence electrons. The van der Waals surface area contributed by atoms with E-state index < -0.39 is 11.9 Å². The fourth-order valence-electron chi connectivity index (χ4n) is 3.10. The summed E-state index contributed by atoms with van der Waals surface area (Å²) in [6.07, 6.45) is 3.60. The number of para-hydroxylation sites is 1. The number of carbonyl (C=O) groups is 2. The fraction of sp³-hybridized carbons (Fsp3) is 0.0476. The van der Waals surface area contributed by atoms with Crippen LogP contribution in [-0.4, -0.2) is 16.5 Å². The number of urea groups is 1. The predicted molar refractivity (Wildman–Crippen MR) is 106 cm³/mol. The highest BCUT2D eigenvalue weighted by Gasteiger charge is 2.35. The average Bonchev–Trinajstić information content (AvgIpc) is 3.20. The molecule has 0 bridgehead atoms. The summed E-state index contributed by atoms with van der Waals surface area (Å²) in [6.45, 7) is 2.02. The van der Waals surface area contributed by atoms with Crippen LogP contribution < -0.4 is 10.2 Å². The van der Waals surface area contributed by atoms with Gasteiger partial charge in [-0.05, 0) is 55.0 Å². The number of imide groups is 1. The maximum Gasteiger partial charge on any atom is 0.333 e. The Morgan fingerprint density at radius 3 is 2.59 bits per heavy atom. The van der Waals surface area contributed by atoms with E-state index in [9.17, 15) is 9.59 Å². The molecule has 5 nitrogen and oxygen atoms in total. The lowest BCUT2D eigenvalue weighted by molar-refractivity contribution is -0.113. The largest absolute Gasteiger partial charge is 0.333 e. The van der Waals surface area contributed by atoms with Gasteiger partial charge in [0.25, 0.3) is 5.91 Å². The molecular weight excluding hydrogens is 362 g/mol. The molecule has 3 aromatic rings. The molecule has 0 atom stereocenters. The zero-order valence-electron chi connectivity index (χ0n) is 14.5. The molecule has 3 amide bonds. The topological polar surface area (TPSA) is 54.3 Å². The van der Waals surface area contributed by atoms with Gasteiger partial charge in [-0.25, -0.2) is 9.69 Å². The molecule has 0 unspecified atom stereocenters. The van der Waals surface area contributed by atoms with E-state index in [1.54, 1.807) is 30.3 Å². The van der Waals surface area contributed by atoms with Crippen molar-refractivity contribution in [2.75, 3.05) is 4.90 Å². The number of aromatic nitrogens is 1. The van der Waals surface area contributed by atoms with Gasteiger partial charge in [0.2, 0.25) is 0 Å². The summed E-state index contributed by atoms with van der Waals surface area (Å²) in [6, 6.07) is 17.9. The quantitative estimate of drug-likeness (QED) is 0.538. The molecule has 1 N–H and O–H groups in total. The van der Waals surface area contributed by atoms with Crippen molar-refractivity contribution in [1.82, 2.24) is 9.88 Å². The highest BCUT2D eigenvalue weighted by atomic mass is 35.5. The summed E-state index contributed by atoms with van der Waals surface area (Å²) in [5, 5.41) is 3.10. The highest BCUT2D eigenvalue weighted by Crippen LogP contribution is 2.25. The Labute approximate surface area is 161 Å². The van der Waals surface area contributed by atoms with Crippen LogP contribution in [0.3, 0.4) is 0 Å². The van der Waals surface area contributed by atoms with Crippen LogP contribution in [0.2, 0.25) is 5.02 Å². The zero-order chi connectivity index (χ0) is 19.0. The molecular formula is C21H16ClN3O2. The summed E-state index contributed by atoms with van der Waals surface area (Å²) in [5.41, 5.74) is 3.56. The lowest BCUT2D eigenvalue weighted by atomic mass is 10.2. The van der Waals surface area contributed by atoms with E-state index in [1.165, 1.54) is 0 Å². The van der Waals surface area contributed by atoms with Gasteiger partial charge in [0.15, 0.2) is 0 Å². The molecule has 1 aliphatic heterocycles. The smallest absolute Gasteiger partial charge is 0.317 e. The number of carbonyl (C=O) groups excluding carboxylic acids is 2. The Morgan fingerprint density at radius 2 is 1.81 bits per heavy atom. The van der Waals surface area contributed by atoms with E-state index in [4.69, 9.17) is 11.6 Å². The van der Waals surface area contributed by atoms with Gasteiger partial charge in [-0.1, -0.05) is 35.9 Å². The molecule has 0 aliphatic carbocycles. The van der Waals surface area contributed by atoms with Crippen molar-refractivity contribution in [3.8, 4) is 5.69 Å². The van der Waals surface area contributed by atoms with Gasteiger partial charge in [-0.15, -0.1) is 0 Å². The molecule has 0 radical (unpaired) electrons. The van der Waals surface area contributed by atoms with E-state index in [0.717, 1.165) is 21.8 Å². The number of hydrogen-bond donors (Lipinski definition) is 1. The zero-order valence-corrected chi connectivity index (χ0v) is 15.3. The number of anilines is 1. The summed E-state index contributed by atoms with van der Waals surface area (Å²) in [4.78, 5) is 26.2. The van der Waals surface area contributed by atoms with E-state index in [-0.39, 0.29) is 5.70 Å². The Morgan fingerprint density at radius 1 is 1.00 bits per heavy atom. The van der Waals surface area contributed by atoms with Gasteiger partial charge < -0.3 is 9.88 Å². The monoisotopic (exact) mass is 377 g/mol. The second-order valence-corrected chi connectivity index (χ2v) is 6.63. The van der Waals surface area contributed by atoms with Crippen molar-refractivity contribution in [3.05, 3.63) is 88.8 Å². The van der Waals surface area contributed by atoms with Crippen LogP contribution in [0.1, 0.15) is 11.3 Å². The molecule has 2 aromatic carbocycles. The first-order valence-electron chi connectivity index (χ1n) is 8.40. The number of aryl methyl sites for hydroxylation is 1. The van der Waals surface area contributed by atoms with Crippen LogP contribution in [-0.2, 0) is 4.79 Å². The molecule has 1 saturated heterocycles. The third kappa shape index (κ3) is 3.13. The highest BCUT2D eigenvalue weighted by molar-refractivity contribution is 6.32. The lowest BCUT2D eigenvalue weighted by Crippen LogP contribution is -2.30. The molecule has 1 aromatic heterocycles. The van der Waals surface area contributed by atoms with Crippen molar-refractivity contribution in [3.63, 3.8) is 0 Å². The van der Waals surface area contributed by atoms with Crippen LogP contribution in [0, 0.1) is 6.92 Å². The van der Waals surface area contributed by atoms with Crippen LogP contribution in [0.15, 0.2) is 72.6 Å². The molecule has 0 spiro atoms. The minimum absolute atomic E-state index is 0.216. The van der Waals surface area contributed by atoms with Crippen LogP contribution in [0.25, 0.3) is 11.8 Å². The number of amides is 3. The van der Waals surface area contributed by atoms with E-state index in [1.807, 2.05) is 54.1 Å². The number of nitrogens with zero attached hydrogens (tertiary/aromatic N) is 2. The van der Waals surface area contributed by atoms with Gasteiger partial charge in [0.05, 0.1) is 5.69 Å². The molecule has 27 heavy (non-hydrogen) atoms. The molecule has 4 rings (SSSR count). The summed E-state index contributed by atoms with van der Waals surface area (Å²) in [7, 11) is 0. The normalized spacial score (nSPS) is 15.5. The van der Waals surface area contributed by atoms with Gasteiger partial charge in [-0.3, -0.25) is 4.79 Å². The Hall–Kier alpha value is -3.31. The molecule has 6 heteroatoms. The summed E-state index contributed by atoms with van der Waals surface area (Å²) < 4.78 is 1.98. The molecule has 1 fully saturated rings. The first kappa shape index (κ1) is 17.1. The minimum atomic E-state index is -0.498. The Kier molecular flexibility index (Phi) is 4.30. The summed E-state index contributed by atoms with van der Waals surface area (Å²) in [5.74, 6) is -0.417. The van der Waals surface area contributed by atoms with E-state index >= 15 is 0 Å². The van der Waals surface area contributed by atoms with Crippen LogP contribution >= 0.6 is 11.6 Å². The maximum atomic E-state index is 12.8. The number of benzene rings is 2. The SMILES string of the molecule is Cc1ccccc1-n1cccc1/C=C1/NC(=O)N(c2cccc(Cl)c2)C1=O. The molecule has 1 aliphatic rings. The molecule has 0 saturated carbocycles. The lowest BCUT2D eigenvalue weighted by Gasteiger charge is -2.12.